The van der Waals surface area contributed by atoms with Crippen LogP contribution in [0.15, 0.2) is 52.9 Å². The molecule has 1 heterocycles. The van der Waals surface area contributed by atoms with E-state index >= 15 is 0 Å². The molecule has 0 N–H and O–H groups in total. The molecule has 0 amide bonds. The summed E-state index contributed by atoms with van der Waals surface area (Å²) in [5, 5.41) is 10.7. The van der Waals surface area contributed by atoms with Gasteiger partial charge in [-0.05, 0) is 11.6 Å². The second-order valence-corrected chi connectivity index (χ2v) is 6.42. The number of aromatic nitrogens is 1. The van der Waals surface area contributed by atoms with Crippen LogP contribution in [-0.2, 0) is 5.75 Å². The summed E-state index contributed by atoms with van der Waals surface area (Å²) in [4.78, 5) is 14.9. The molecule has 4 nitrogen and oxygen atoms in total. The van der Waals surface area contributed by atoms with E-state index in [9.17, 15) is 10.1 Å². The van der Waals surface area contributed by atoms with Gasteiger partial charge < -0.3 is 0 Å². The Hall–Kier alpha value is -1.92. The molecule has 0 aliphatic carbocycles. The number of hydrogen-bond donors (Lipinski definition) is 0. The number of thiazole rings is 1. The zero-order valence-electron chi connectivity index (χ0n) is 10.4. The van der Waals surface area contributed by atoms with Crippen molar-refractivity contribution in [3.05, 3.63) is 64.2 Å². The van der Waals surface area contributed by atoms with Gasteiger partial charge in [0.2, 0.25) is 0 Å². The van der Waals surface area contributed by atoms with Crippen molar-refractivity contribution < 1.29 is 4.92 Å². The van der Waals surface area contributed by atoms with Crippen LogP contribution in [0.1, 0.15) is 5.56 Å². The fourth-order valence-corrected chi connectivity index (χ4v) is 3.84. The van der Waals surface area contributed by atoms with E-state index in [-0.39, 0.29) is 10.6 Å². The Morgan fingerprint density at radius 3 is 2.75 bits per heavy atom. The summed E-state index contributed by atoms with van der Waals surface area (Å²) in [5.41, 5.74) is 2.17. The Balaban J connectivity index is 1.80. The number of hydrogen-bond acceptors (Lipinski definition) is 5. The zero-order valence-corrected chi connectivity index (χ0v) is 12.0. The molecule has 0 unspecified atom stereocenters. The first kappa shape index (κ1) is 13.1. The van der Waals surface area contributed by atoms with Gasteiger partial charge in [-0.25, -0.2) is 4.98 Å². The Kier molecular flexibility index (Phi) is 3.66. The molecule has 3 aromatic rings. The molecule has 0 radical (unpaired) electrons. The second kappa shape index (κ2) is 5.60. The number of nitrogens with zero attached hydrogens (tertiary/aromatic N) is 2. The zero-order chi connectivity index (χ0) is 13.9. The first-order valence-electron chi connectivity index (χ1n) is 5.94. The van der Waals surface area contributed by atoms with Crippen molar-refractivity contribution in [2.45, 2.75) is 10.1 Å². The van der Waals surface area contributed by atoms with Crippen LogP contribution >= 0.6 is 23.1 Å². The average Bonchev–Trinajstić information content (AvgIpc) is 2.88. The van der Waals surface area contributed by atoms with E-state index in [1.807, 2.05) is 18.2 Å². The van der Waals surface area contributed by atoms with Gasteiger partial charge in [-0.1, -0.05) is 42.1 Å². The van der Waals surface area contributed by atoms with Gasteiger partial charge in [0.1, 0.15) is 0 Å². The van der Waals surface area contributed by atoms with Crippen LogP contribution in [0.5, 0.6) is 0 Å². The molecule has 2 aromatic carbocycles. The van der Waals surface area contributed by atoms with Crippen LogP contribution in [0.3, 0.4) is 0 Å². The smallest absolute Gasteiger partial charge is 0.258 e. The molecule has 3 rings (SSSR count). The molecule has 0 aliphatic rings. The topological polar surface area (TPSA) is 56.0 Å². The number of fused-ring (bicyclic) bond motifs is 1. The molecule has 0 spiro atoms. The lowest BCUT2D eigenvalue weighted by atomic mass is 10.2. The van der Waals surface area contributed by atoms with E-state index in [2.05, 4.69) is 17.1 Å². The highest BCUT2D eigenvalue weighted by Gasteiger charge is 2.10. The minimum atomic E-state index is -0.379. The Morgan fingerprint density at radius 2 is 2.00 bits per heavy atom. The molecule has 6 heteroatoms. The summed E-state index contributed by atoms with van der Waals surface area (Å²) in [5.74, 6) is 0.850. The fraction of sp³-hybridized carbons (Fsp3) is 0.0714. The van der Waals surface area contributed by atoms with Gasteiger partial charge >= 0.3 is 0 Å². The Labute approximate surface area is 123 Å². The summed E-state index contributed by atoms with van der Waals surface area (Å²) >= 11 is 3.15. The molecule has 0 saturated carbocycles. The number of thioether (sulfide) groups is 1. The number of nitro benzene ring substituents is 1. The Morgan fingerprint density at radius 1 is 1.20 bits per heavy atom. The third-order valence-corrected chi connectivity index (χ3v) is 5.00. The third kappa shape index (κ3) is 2.81. The maximum Gasteiger partial charge on any atom is 0.270 e. The first-order valence-corrected chi connectivity index (χ1v) is 7.74. The van der Waals surface area contributed by atoms with Crippen LogP contribution in [0.25, 0.3) is 10.2 Å². The fourth-order valence-electron chi connectivity index (χ4n) is 1.79. The number of non-ortho nitro benzene ring substituents is 1. The van der Waals surface area contributed by atoms with Gasteiger partial charge in [0.05, 0.1) is 15.1 Å². The van der Waals surface area contributed by atoms with Gasteiger partial charge in [-0.2, -0.15) is 0 Å². The van der Waals surface area contributed by atoms with Crippen molar-refractivity contribution in [2.24, 2.45) is 0 Å². The van der Waals surface area contributed by atoms with Crippen molar-refractivity contribution in [3.63, 3.8) is 0 Å². The lowest BCUT2D eigenvalue weighted by Crippen LogP contribution is -1.85. The summed E-state index contributed by atoms with van der Waals surface area (Å²) in [6.45, 7) is 0. The van der Waals surface area contributed by atoms with E-state index < -0.39 is 0 Å². The molecule has 0 saturated heterocycles. The van der Waals surface area contributed by atoms with Crippen molar-refractivity contribution >= 4 is 39.0 Å². The van der Waals surface area contributed by atoms with Gasteiger partial charge in [0.25, 0.3) is 5.69 Å². The van der Waals surface area contributed by atoms with Crippen molar-refractivity contribution in [1.29, 1.82) is 0 Å². The van der Waals surface area contributed by atoms with Crippen molar-refractivity contribution in [2.75, 3.05) is 0 Å². The number of benzene rings is 2. The monoisotopic (exact) mass is 302 g/mol. The van der Waals surface area contributed by atoms with E-state index in [1.165, 1.54) is 23.0 Å². The second-order valence-electron chi connectivity index (χ2n) is 4.16. The minimum Gasteiger partial charge on any atom is -0.258 e. The molecule has 20 heavy (non-hydrogen) atoms. The van der Waals surface area contributed by atoms with Crippen LogP contribution in [0, 0.1) is 10.1 Å². The molecule has 0 atom stereocenters. The highest BCUT2D eigenvalue weighted by Crippen LogP contribution is 2.33. The lowest BCUT2D eigenvalue weighted by Gasteiger charge is -1.97. The van der Waals surface area contributed by atoms with Crippen LogP contribution < -0.4 is 0 Å². The van der Waals surface area contributed by atoms with Crippen LogP contribution in [0.2, 0.25) is 0 Å². The molecule has 0 fully saturated rings. The summed E-state index contributed by atoms with van der Waals surface area (Å²) < 4.78 is 1.79. The van der Waals surface area contributed by atoms with E-state index in [0.717, 1.165) is 20.3 Å². The molecule has 0 bridgehead atoms. The Bertz CT molecular complexity index is 756. The minimum absolute atomic E-state index is 0.112. The van der Waals surface area contributed by atoms with E-state index in [1.54, 1.807) is 23.9 Å². The molecule has 100 valence electrons. The van der Waals surface area contributed by atoms with Gasteiger partial charge in [-0.15, -0.1) is 11.3 Å². The number of rotatable bonds is 4. The summed E-state index contributed by atoms with van der Waals surface area (Å²) in [7, 11) is 0. The quantitative estimate of drug-likeness (QED) is 0.404. The molecule has 1 aromatic heterocycles. The largest absolute Gasteiger partial charge is 0.270 e. The van der Waals surface area contributed by atoms with Gasteiger partial charge in [0.15, 0.2) is 4.34 Å². The maximum absolute atomic E-state index is 10.7. The van der Waals surface area contributed by atoms with Crippen molar-refractivity contribution in [1.82, 2.24) is 4.98 Å². The summed E-state index contributed by atoms with van der Waals surface area (Å²) in [6, 6.07) is 14.9. The predicted molar refractivity (Wildman–Crippen MR) is 82.3 cm³/mol. The third-order valence-electron chi connectivity index (χ3n) is 2.77. The number of nitro groups is 1. The van der Waals surface area contributed by atoms with Crippen molar-refractivity contribution in [3.8, 4) is 0 Å². The van der Waals surface area contributed by atoms with Crippen LogP contribution in [-0.4, -0.2) is 9.91 Å². The van der Waals surface area contributed by atoms with E-state index in [0.29, 0.717) is 0 Å². The van der Waals surface area contributed by atoms with Gasteiger partial charge in [-0.3, -0.25) is 10.1 Å². The molecular formula is C14H10N2O2S2. The predicted octanol–water partition coefficient (Wildman–Crippen LogP) is 4.50. The highest BCUT2D eigenvalue weighted by molar-refractivity contribution is 8.00. The van der Waals surface area contributed by atoms with Gasteiger partial charge in [0, 0.05) is 17.9 Å². The lowest BCUT2D eigenvalue weighted by molar-refractivity contribution is -0.384. The standard InChI is InChI=1S/C14H10N2O2S2/c17-16(18)11-6-7-12-13(8-11)20-14(15-12)19-9-10-4-2-1-3-5-10/h1-8H,9H2. The van der Waals surface area contributed by atoms with Crippen LogP contribution in [0.4, 0.5) is 5.69 Å². The molecule has 0 aliphatic heterocycles. The normalized spacial score (nSPS) is 10.8. The molecular weight excluding hydrogens is 292 g/mol. The summed E-state index contributed by atoms with van der Waals surface area (Å²) in [6.07, 6.45) is 0. The van der Waals surface area contributed by atoms with E-state index in [4.69, 9.17) is 0 Å². The SMILES string of the molecule is O=[N+]([O-])c1ccc2nc(SCc3ccccc3)sc2c1. The highest BCUT2D eigenvalue weighted by atomic mass is 32.2. The average molecular weight is 302 g/mol. The maximum atomic E-state index is 10.7. The first-order chi connectivity index (χ1) is 9.72.